The first kappa shape index (κ1) is 18.3. The molecule has 0 aliphatic heterocycles. The molecule has 0 unspecified atom stereocenters. The first-order chi connectivity index (χ1) is 11.2. The number of aryl methyl sites for hydroxylation is 1. The van der Waals surface area contributed by atoms with Crippen LogP contribution in [0, 0.1) is 0 Å². The van der Waals surface area contributed by atoms with Crippen LogP contribution in [0.3, 0.4) is 0 Å². The molecular weight excluding hydrogens is 389 g/mol. The second-order valence-corrected chi connectivity index (χ2v) is 5.96. The first-order valence-electron chi connectivity index (χ1n) is 6.90. The van der Waals surface area contributed by atoms with E-state index in [9.17, 15) is 18.0 Å². The molecule has 0 atom stereocenters. The number of hydrogen-bond donors (Lipinski definition) is 1. The number of methoxy groups -OCH3 is 1. The Bertz CT molecular complexity index is 763. The number of ether oxygens (including phenoxy) is 1. The number of halogens is 4. The summed E-state index contributed by atoms with van der Waals surface area (Å²) >= 11 is 3.28. The van der Waals surface area contributed by atoms with Gasteiger partial charge in [0.25, 0.3) is 0 Å². The average Bonchev–Trinajstić information content (AvgIpc) is 2.51. The molecule has 8 heteroatoms. The fourth-order valence-electron chi connectivity index (χ4n) is 2.28. The number of nitrogens with zero attached hydrogens (tertiary/aromatic N) is 1. The molecule has 1 aromatic heterocycles. The molecule has 0 radical (unpaired) electrons. The molecule has 2 aromatic rings. The highest BCUT2D eigenvalue weighted by Gasteiger charge is 2.31. The van der Waals surface area contributed by atoms with E-state index in [0.717, 1.165) is 12.1 Å². The molecular formula is C16H14BrF3N2O2. The van der Waals surface area contributed by atoms with Gasteiger partial charge in [0, 0.05) is 22.7 Å². The van der Waals surface area contributed by atoms with Gasteiger partial charge in [-0.2, -0.15) is 13.2 Å². The monoisotopic (exact) mass is 402 g/mol. The van der Waals surface area contributed by atoms with Crippen molar-refractivity contribution >= 4 is 21.8 Å². The molecule has 0 saturated heterocycles. The highest BCUT2D eigenvalue weighted by atomic mass is 79.9. The van der Waals surface area contributed by atoms with E-state index in [-0.39, 0.29) is 18.7 Å². The Morgan fingerprint density at radius 3 is 2.58 bits per heavy atom. The quantitative estimate of drug-likeness (QED) is 0.822. The van der Waals surface area contributed by atoms with Gasteiger partial charge in [-0.25, -0.2) is 4.98 Å². The molecule has 4 nitrogen and oxygen atoms in total. The third-order valence-corrected chi connectivity index (χ3v) is 3.81. The van der Waals surface area contributed by atoms with Gasteiger partial charge in [-0.3, -0.25) is 4.79 Å². The van der Waals surface area contributed by atoms with Crippen LogP contribution in [0.1, 0.15) is 17.5 Å². The van der Waals surface area contributed by atoms with Crippen molar-refractivity contribution in [3.8, 4) is 17.0 Å². The van der Waals surface area contributed by atoms with Gasteiger partial charge in [0.15, 0.2) is 0 Å². The van der Waals surface area contributed by atoms with E-state index < -0.39 is 17.6 Å². The summed E-state index contributed by atoms with van der Waals surface area (Å²) in [5.74, 6) is -0.309. The molecule has 0 aliphatic carbocycles. The molecule has 0 aliphatic rings. The molecule has 2 N–H and O–H groups in total. The number of alkyl halides is 3. The van der Waals surface area contributed by atoms with Crippen molar-refractivity contribution in [1.82, 2.24) is 4.98 Å². The van der Waals surface area contributed by atoms with E-state index in [1.807, 2.05) is 0 Å². The minimum atomic E-state index is -4.47. The summed E-state index contributed by atoms with van der Waals surface area (Å²) in [5, 5.41) is 0. The maximum atomic E-state index is 13.0. The smallest absolute Gasteiger partial charge is 0.416 e. The third-order valence-electron chi connectivity index (χ3n) is 3.37. The lowest BCUT2D eigenvalue weighted by Crippen LogP contribution is -2.12. The van der Waals surface area contributed by atoms with Crippen LogP contribution in [-0.2, 0) is 17.4 Å². The summed E-state index contributed by atoms with van der Waals surface area (Å²) in [6, 6.07) is 5.06. The van der Waals surface area contributed by atoms with Gasteiger partial charge in [0.05, 0.1) is 12.7 Å². The maximum Gasteiger partial charge on any atom is 0.416 e. The minimum absolute atomic E-state index is 0.0575. The van der Waals surface area contributed by atoms with E-state index >= 15 is 0 Å². The van der Waals surface area contributed by atoms with Crippen molar-refractivity contribution in [3.63, 3.8) is 0 Å². The standard InChI is InChI=1S/C16H14BrF3N2O2/c1-24-15-13(7-11(17)8-22-15)12-4-3-10(16(18,19)20)6-9(12)2-5-14(21)23/h3-4,6-8H,2,5H2,1H3,(H2,21,23). The Hall–Kier alpha value is -2.09. The molecule has 0 bridgehead atoms. The fourth-order valence-corrected chi connectivity index (χ4v) is 2.61. The molecule has 0 fully saturated rings. The number of rotatable bonds is 5. The molecule has 128 valence electrons. The van der Waals surface area contributed by atoms with Gasteiger partial charge < -0.3 is 10.5 Å². The Morgan fingerprint density at radius 2 is 2.00 bits per heavy atom. The molecule has 2 rings (SSSR count). The lowest BCUT2D eigenvalue weighted by Gasteiger charge is -2.15. The van der Waals surface area contributed by atoms with Gasteiger partial charge in [-0.05, 0) is 51.7 Å². The van der Waals surface area contributed by atoms with E-state index in [1.54, 1.807) is 6.07 Å². The Labute approximate surface area is 145 Å². The van der Waals surface area contributed by atoms with E-state index in [0.29, 0.717) is 21.2 Å². The Balaban J connectivity index is 2.60. The van der Waals surface area contributed by atoms with Crippen molar-refractivity contribution in [3.05, 3.63) is 46.1 Å². The van der Waals surface area contributed by atoms with Crippen molar-refractivity contribution in [2.24, 2.45) is 5.73 Å². The van der Waals surface area contributed by atoms with Crippen LogP contribution >= 0.6 is 15.9 Å². The zero-order chi connectivity index (χ0) is 17.9. The summed E-state index contributed by atoms with van der Waals surface area (Å²) in [6.07, 6.45) is -2.92. The zero-order valence-corrected chi connectivity index (χ0v) is 14.2. The van der Waals surface area contributed by atoms with Gasteiger partial charge in [0.1, 0.15) is 0 Å². The molecule has 1 aromatic carbocycles. The predicted octanol–water partition coefficient (Wildman–Crippen LogP) is 3.96. The Morgan fingerprint density at radius 1 is 1.29 bits per heavy atom. The summed E-state index contributed by atoms with van der Waals surface area (Å²) < 4.78 is 44.8. The number of nitrogens with two attached hydrogens (primary N) is 1. The van der Waals surface area contributed by atoms with Crippen LogP contribution < -0.4 is 10.5 Å². The second kappa shape index (κ2) is 7.21. The number of pyridine rings is 1. The number of hydrogen-bond acceptors (Lipinski definition) is 3. The SMILES string of the molecule is COc1ncc(Br)cc1-c1ccc(C(F)(F)F)cc1CCC(N)=O. The molecule has 1 heterocycles. The Kier molecular flexibility index (Phi) is 5.48. The van der Waals surface area contributed by atoms with Crippen LogP contribution in [0.4, 0.5) is 13.2 Å². The first-order valence-corrected chi connectivity index (χ1v) is 7.70. The summed E-state index contributed by atoms with van der Waals surface area (Å²) in [7, 11) is 1.42. The van der Waals surface area contributed by atoms with Gasteiger partial charge in [-0.15, -0.1) is 0 Å². The minimum Gasteiger partial charge on any atom is -0.481 e. The van der Waals surface area contributed by atoms with Gasteiger partial charge >= 0.3 is 6.18 Å². The number of benzene rings is 1. The molecule has 0 saturated carbocycles. The highest BCUT2D eigenvalue weighted by molar-refractivity contribution is 9.10. The van der Waals surface area contributed by atoms with Gasteiger partial charge in [-0.1, -0.05) is 6.07 Å². The topological polar surface area (TPSA) is 65.2 Å². The number of amides is 1. The van der Waals surface area contributed by atoms with Crippen LogP contribution in [0.5, 0.6) is 5.88 Å². The van der Waals surface area contributed by atoms with Crippen molar-refractivity contribution in [1.29, 1.82) is 0 Å². The van der Waals surface area contributed by atoms with Crippen LogP contribution in [0.15, 0.2) is 34.9 Å². The van der Waals surface area contributed by atoms with Crippen molar-refractivity contribution in [2.45, 2.75) is 19.0 Å². The third kappa shape index (κ3) is 4.25. The maximum absolute atomic E-state index is 13.0. The fraction of sp³-hybridized carbons (Fsp3) is 0.250. The lowest BCUT2D eigenvalue weighted by atomic mass is 9.95. The summed E-state index contributed by atoms with van der Waals surface area (Å²) in [4.78, 5) is 15.1. The average molecular weight is 403 g/mol. The largest absolute Gasteiger partial charge is 0.481 e. The van der Waals surface area contributed by atoms with Crippen LogP contribution in [0.25, 0.3) is 11.1 Å². The van der Waals surface area contributed by atoms with E-state index in [1.165, 1.54) is 19.4 Å². The normalized spacial score (nSPS) is 11.4. The van der Waals surface area contributed by atoms with Crippen molar-refractivity contribution in [2.75, 3.05) is 7.11 Å². The summed E-state index contributed by atoms with van der Waals surface area (Å²) in [6.45, 7) is 0. The number of carbonyl (C=O) groups is 1. The zero-order valence-electron chi connectivity index (χ0n) is 12.7. The number of carbonyl (C=O) groups excluding carboxylic acids is 1. The molecule has 24 heavy (non-hydrogen) atoms. The predicted molar refractivity (Wildman–Crippen MR) is 86.4 cm³/mol. The lowest BCUT2D eigenvalue weighted by molar-refractivity contribution is -0.137. The highest BCUT2D eigenvalue weighted by Crippen LogP contribution is 2.37. The molecule has 0 spiro atoms. The van der Waals surface area contributed by atoms with Gasteiger partial charge in [0.2, 0.25) is 11.8 Å². The van der Waals surface area contributed by atoms with Crippen LogP contribution in [-0.4, -0.2) is 18.0 Å². The van der Waals surface area contributed by atoms with Crippen LogP contribution in [0.2, 0.25) is 0 Å². The second-order valence-electron chi connectivity index (χ2n) is 5.05. The summed E-state index contributed by atoms with van der Waals surface area (Å²) in [5.41, 5.74) is 5.73. The number of primary amides is 1. The molecule has 1 amide bonds. The number of aromatic nitrogens is 1. The van der Waals surface area contributed by atoms with E-state index in [4.69, 9.17) is 10.5 Å². The van der Waals surface area contributed by atoms with E-state index in [2.05, 4.69) is 20.9 Å². The van der Waals surface area contributed by atoms with Crippen molar-refractivity contribution < 1.29 is 22.7 Å².